The third kappa shape index (κ3) is 1.73. The SMILES string of the molecule is C[C@@H]1C2CCC3(C)C(=O)CCC=C3C2(C)CCC12OCCO2. The first kappa shape index (κ1) is 14.9. The molecule has 22 heavy (non-hydrogen) atoms. The first-order chi connectivity index (χ1) is 10.4. The molecule has 3 heteroatoms. The third-order valence-electron chi connectivity index (χ3n) is 7.38. The second-order valence-electron chi connectivity index (χ2n) is 8.27. The van der Waals surface area contributed by atoms with Crippen molar-refractivity contribution < 1.29 is 14.3 Å². The van der Waals surface area contributed by atoms with E-state index >= 15 is 0 Å². The Labute approximate surface area is 133 Å². The van der Waals surface area contributed by atoms with E-state index in [9.17, 15) is 4.79 Å². The number of carbonyl (C=O) groups excluding carboxylic acids is 1. The van der Waals surface area contributed by atoms with Gasteiger partial charge in [-0.15, -0.1) is 0 Å². The van der Waals surface area contributed by atoms with E-state index in [0.717, 1.165) is 51.7 Å². The van der Waals surface area contributed by atoms with Crippen LogP contribution < -0.4 is 0 Å². The Bertz CT molecular complexity index is 531. The number of fused-ring (bicyclic) bond motifs is 3. The molecule has 0 aromatic heterocycles. The van der Waals surface area contributed by atoms with Gasteiger partial charge in [-0.2, -0.15) is 0 Å². The van der Waals surface area contributed by atoms with Crippen LogP contribution in [0.25, 0.3) is 0 Å². The summed E-state index contributed by atoms with van der Waals surface area (Å²) in [4.78, 5) is 12.6. The molecule has 4 atom stereocenters. The van der Waals surface area contributed by atoms with Gasteiger partial charge in [0.2, 0.25) is 0 Å². The molecule has 4 aliphatic rings. The molecule has 3 nitrogen and oxygen atoms in total. The molecule has 122 valence electrons. The number of allylic oxidation sites excluding steroid dienone is 2. The van der Waals surface area contributed by atoms with Crippen LogP contribution in [0.3, 0.4) is 0 Å². The number of carbonyl (C=O) groups is 1. The van der Waals surface area contributed by atoms with Gasteiger partial charge in [-0.3, -0.25) is 4.79 Å². The summed E-state index contributed by atoms with van der Waals surface area (Å²) in [5.41, 5.74) is 1.38. The Morgan fingerprint density at radius 2 is 1.86 bits per heavy atom. The van der Waals surface area contributed by atoms with Crippen LogP contribution in [-0.2, 0) is 14.3 Å². The summed E-state index contributed by atoms with van der Waals surface area (Å²) in [6.07, 6.45) is 8.21. The summed E-state index contributed by atoms with van der Waals surface area (Å²) in [5, 5.41) is 0. The number of rotatable bonds is 0. The summed E-state index contributed by atoms with van der Waals surface area (Å²) in [7, 11) is 0. The predicted molar refractivity (Wildman–Crippen MR) is 84.3 cm³/mol. The molecule has 1 spiro atoms. The van der Waals surface area contributed by atoms with Crippen molar-refractivity contribution >= 4 is 5.78 Å². The molecule has 1 heterocycles. The van der Waals surface area contributed by atoms with Crippen LogP contribution in [0.2, 0.25) is 0 Å². The van der Waals surface area contributed by atoms with E-state index in [-0.39, 0.29) is 16.6 Å². The maximum absolute atomic E-state index is 12.6. The molecule has 3 aliphatic carbocycles. The summed E-state index contributed by atoms with van der Waals surface area (Å²) in [6.45, 7) is 8.36. The average molecular weight is 304 g/mol. The van der Waals surface area contributed by atoms with Gasteiger partial charge in [-0.05, 0) is 43.9 Å². The standard InChI is InChI=1S/C19H28O3/c1-13-14-7-8-18(3)15(5-4-6-16(18)20)17(14,2)9-10-19(13)21-11-12-22-19/h5,13-14H,4,6-12H2,1-3H3/t13-,14?,17?,18?/m1/s1. The molecule has 0 aromatic carbocycles. The number of Topliss-reactive ketones (excluding diaryl/α,β-unsaturated/α-hetero) is 1. The largest absolute Gasteiger partial charge is 0.347 e. The molecule has 1 saturated heterocycles. The second kappa shape index (κ2) is 4.67. The average Bonchev–Trinajstić information content (AvgIpc) is 2.96. The predicted octanol–water partition coefficient (Wildman–Crippen LogP) is 3.87. The molecule has 2 saturated carbocycles. The molecule has 0 N–H and O–H groups in total. The number of hydrogen-bond acceptors (Lipinski definition) is 3. The molecule has 0 amide bonds. The highest BCUT2D eigenvalue weighted by Crippen LogP contribution is 2.64. The lowest BCUT2D eigenvalue weighted by Gasteiger charge is -2.60. The minimum atomic E-state index is -0.350. The summed E-state index contributed by atoms with van der Waals surface area (Å²) in [6, 6.07) is 0. The molecular weight excluding hydrogens is 276 g/mol. The monoisotopic (exact) mass is 304 g/mol. The number of hydrogen-bond donors (Lipinski definition) is 0. The summed E-state index contributed by atoms with van der Waals surface area (Å²) < 4.78 is 12.1. The highest BCUT2D eigenvalue weighted by atomic mass is 16.7. The van der Waals surface area contributed by atoms with E-state index in [1.165, 1.54) is 5.57 Å². The minimum Gasteiger partial charge on any atom is -0.347 e. The smallest absolute Gasteiger partial charge is 0.171 e. The molecule has 1 aliphatic heterocycles. The van der Waals surface area contributed by atoms with Gasteiger partial charge >= 0.3 is 0 Å². The van der Waals surface area contributed by atoms with E-state index in [0.29, 0.717) is 17.6 Å². The fourth-order valence-corrected chi connectivity index (χ4v) is 6.07. The summed E-state index contributed by atoms with van der Waals surface area (Å²) >= 11 is 0. The van der Waals surface area contributed by atoms with E-state index in [4.69, 9.17) is 9.47 Å². The molecular formula is C19H28O3. The maximum Gasteiger partial charge on any atom is 0.171 e. The van der Waals surface area contributed by atoms with Crippen molar-refractivity contribution in [2.45, 2.75) is 65.1 Å². The molecule has 0 bridgehead atoms. The van der Waals surface area contributed by atoms with Crippen LogP contribution in [0.15, 0.2) is 11.6 Å². The van der Waals surface area contributed by atoms with Gasteiger partial charge in [0.1, 0.15) is 5.78 Å². The van der Waals surface area contributed by atoms with Gasteiger partial charge in [0.05, 0.1) is 13.2 Å². The van der Waals surface area contributed by atoms with Crippen molar-refractivity contribution in [2.75, 3.05) is 13.2 Å². The lowest BCUT2D eigenvalue weighted by atomic mass is 9.46. The Morgan fingerprint density at radius 3 is 2.59 bits per heavy atom. The maximum atomic E-state index is 12.6. The summed E-state index contributed by atoms with van der Waals surface area (Å²) in [5.74, 6) is 1.07. The lowest BCUT2D eigenvalue weighted by molar-refractivity contribution is -0.243. The van der Waals surface area contributed by atoms with Crippen LogP contribution in [0.5, 0.6) is 0 Å². The number of ether oxygens (including phenoxy) is 2. The van der Waals surface area contributed by atoms with Gasteiger partial charge in [0.25, 0.3) is 0 Å². The van der Waals surface area contributed by atoms with Gasteiger partial charge in [-0.25, -0.2) is 0 Å². The van der Waals surface area contributed by atoms with Crippen LogP contribution in [0, 0.1) is 22.7 Å². The van der Waals surface area contributed by atoms with Gasteiger partial charge < -0.3 is 9.47 Å². The molecule has 3 unspecified atom stereocenters. The highest BCUT2D eigenvalue weighted by molar-refractivity contribution is 5.89. The van der Waals surface area contributed by atoms with Crippen molar-refractivity contribution in [1.82, 2.24) is 0 Å². The van der Waals surface area contributed by atoms with Crippen LogP contribution in [-0.4, -0.2) is 24.8 Å². The van der Waals surface area contributed by atoms with Crippen molar-refractivity contribution in [3.8, 4) is 0 Å². The molecule has 0 radical (unpaired) electrons. The quantitative estimate of drug-likeness (QED) is 0.637. The van der Waals surface area contributed by atoms with Crippen molar-refractivity contribution in [3.05, 3.63) is 11.6 Å². The van der Waals surface area contributed by atoms with Crippen molar-refractivity contribution in [3.63, 3.8) is 0 Å². The fraction of sp³-hybridized carbons (Fsp3) is 0.842. The zero-order valence-electron chi connectivity index (χ0n) is 14.1. The first-order valence-electron chi connectivity index (χ1n) is 8.95. The van der Waals surface area contributed by atoms with E-state index in [2.05, 4.69) is 26.8 Å². The van der Waals surface area contributed by atoms with Gasteiger partial charge in [0.15, 0.2) is 5.79 Å². The Hall–Kier alpha value is -0.670. The Kier molecular flexibility index (Phi) is 3.16. The topological polar surface area (TPSA) is 35.5 Å². The van der Waals surface area contributed by atoms with Crippen LogP contribution in [0.4, 0.5) is 0 Å². The van der Waals surface area contributed by atoms with Crippen molar-refractivity contribution in [2.24, 2.45) is 22.7 Å². The van der Waals surface area contributed by atoms with Crippen LogP contribution in [0.1, 0.15) is 59.3 Å². The van der Waals surface area contributed by atoms with Crippen molar-refractivity contribution in [1.29, 1.82) is 0 Å². The van der Waals surface area contributed by atoms with Gasteiger partial charge in [0, 0.05) is 24.2 Å². The molecule has 4 rings (SSSR count). The zero-order chi connectivity index (χ0) is 15.6. The van der Waals surface area contributed by atoms with E-state index in [1.807, 2.05) is 0 Å². The van der Waals surface area contributed by atoms with E-state index < -0.39 is 0 Å². The zero-order valence-corrected chi connectivity index (χ0v) is 14.1. The molecule has 3 fully saturated rings. The molecule has 0 aromatic rings. The van der Waals surface area contributed by atoms with Crippen LogP contribution >= 0.6 is 0 Å². The van der Waals surface area contributed by atoms with E-state index in [1.54, 1.807) is 0 Å². The Balaban J connectivity index is 1.73. The normalized spacial score (nSPS) is 47.0. The third-order valence-corrected chi connectivity index (χ3v) is 7.38. The minimum absolute atomic E-state index is 0.142. The Morgan fingerprint density at radius 1 is 1.14 bits per heavy atom. The van der Waals surface area contributed by atoms with Gasteiger partial charge in [-0.1, -0.05) is 25.5 Å². The second-order valence-corrected chi connectivity index (χ2v) is 8.27. The first-order valence-corrected chi connectivity index (χ1v) is 8.95. The highest BCUT2D eigenvalue weighted by Gasteiger charge is 2.61. The lowest BCUT2D eigenvalue weighted by Crippen LogP contribution is -2.57. The fourth-order valence-electron chi connectivity index (χ4n) is 6.07. The number of ketones is 1.